The number of benzene rings is 1. The Morgan fingerprint density at radius 1 is 1.12 bits per heavy atom. The van der Waals surface area contributed by atoms with Crippen molar-refractivity contribution in [2.75, 3.05) is 11.9 Å². The molecule has 8 heteroatoms. The third-order valence-corrected chi connectivity index (χ3v) is 4.27. The standard InChI is InChI=1S/C18H22FN5O2/c1-11(2)9-20-17-21-15-14(16(25)23(4)18(26)22(15)3)24(17)10-12-5-7-13(19)8-6-12/h5-8,11H,9-10H2,1-4H3,(H,20,21). The number of nitrogens with one attached hydrogen (secondary N) is 1. The maximum atomic E-state index is 13.2. The average molecular weight is 359 g/mol. The Kier molecular flexibility index (Phi) is 4.67. The Bertz CT molecular complexity index is 1060. The number of aromatic nitrogens is 4. The number of hydrogen-bond acceptors (Lipinski definition) is 4. The zero-order valence-electron chi connectivity index (χ0n) is 15.3. The molecule has 1 N–H and O–H groups in total. The van der Waals surface area contributed by atoms with Crippen LogP contribution in [0.1, 0.15) is 19.4 Å². The fourth-order valence-corrected chi connectivity index (χ4v) is 2.80. The molecule has 0 aliphatic heterocycles. The average Bonchev–Trinajstić information content (AvgIpc) is 2.96. The van der Waals surface area contributed by atoms with E-state index in [1.165, 1.54) is 23.7 Å². The van der Waals surface area contributed by atoms with Gasteiger partial charge in [0.05, 0.1) is 6.54 Å². The summed E-state index contributed by atoms with van der Waals surface area (Å²) >= 11 is 0. The van der Waals surface area contributed by atoms with E-state index in [0.717, 1.165) is 10.1 Å². The lowest BCUT2D eigenvalue weighted by atomic mass is 10.2. The van der Waals surface area contributed by atoms with Crippen molar-refractivity contribution in [2.45, 2.75) is 20.4 Å². The predicted octanol–water partition coefficient (Wildman–Crippen LogP) is 1.69. The SMILES string of the molecule is CC(C)CNc1nc2c(c(=O)n(C)c(=O)n2C)n1Cc1ccc(F)cc1. The molecule has 0 saturated carbocycles. The third-order valence-electron chi connectivity index (χ3n) is 4.27. The molecule has 3 rings (SSSR count). The van der Waals surface area contributed by atoms with E-state index in [1.54, 1.807) is 23.7 Å². The van der Waals surface area contributed by atoms with Crippen molar-refractivity contribution in [3.8, 4) is 0 Å². The maximum absolute atomic E-state index is 13.2. The summed E-state index contributed by atoms with van der Waals surface area (Å²) in [5.41, 5.74) is 0.658. The summed E-state index contributed by atoms with van der Waals surface area (Å²) < 4.78 is 17.4. The van der Waals surface area contributed by atoms with Crippen LogP contribution in [-0.2, 0) is 20.6 Å². The lowest BCUT2D eigenvalue weighted by molar-refractivity contribution is 0.626. The van der Waals surface area contributed by atoms with E-state index < -0.39 is 11.2 Å². The van der Waals surface area contributed by atoms with Gasteiger partial charge in [-0.05, 0) is 23.6 Å². The molecular formula is C18H22FN5O2. The van der Waals surface area contributed by atoms with Gasteiger partial charge in [0.2, 0.25) is 5.95 Å². The lowest BCUT2D eigenvalue weighted by Crippen LogP contribution is -2.37. The van der Waals surface area contributed by atoms with Crippen LogP contribution in [0.15, 0.2) is 33.9 Å². The van der Waals surface area contributed by atoms with Crippen LogP contribution in [0.25, 0.3) is 11.2 Å². The van der Waals surface area contributed by atoms with Crippen LogP contribution >= 0.6 is 0 Å². The Labute approximate surface area is 149 Å². The zero-order valence-corrected chi connectivity index (χ0v) is 15.3. The maximum Gasteiger partial charge on any atom is 0.332 e. The topological polar surface area (TPSA) is 73.8 Å². The van der Waals surface area contributed by atoms with Crippen molar-refractivity contribution in [3.05, 3.63) is 56.5 Å². The van der Waals surface area contributed by atoms with Gasteiger partial charge < -0.3 is 5.32 Å². The smallest absolute Gasteiger partial charge is 0.332 e. The second kappa shape index (κ2) is 6.78. The van der Waals surface area contributed by atoms with E-state index in [1.807, 2.05) is 0 Å². The van der Waals surface area contributed by atoms with Gasteiger partial charge in [-0.25, -0.2) is 9.18 Å². The molecule has 2 heterocycles. The number of imidazole rings is 1. The lowest BCUT2D eigenvalue weighted by Gasteiger charge is -2.12. The highest BCUT2D eigenvalue weighted by atomic mass is 19.1. The highest BCUT2D eigenvalue weighted by molar-refractivity contribution is 5.74. The summed E-state index contributed by atoms with van der Waals surface area (Å²) in [6.07, 6.45) is 0. The number of anilines is 1. The largest absolute Gasteiger partial charge is 0.355 e. The minimum Gasteiger partial charge on any atom is -0.355 e. The highest BCUT2D eigenvalue weighted by Gasteiger charge is 2.19. The van der Waals surface area contributed by atoms with Crippen molar-refractivity contribution < 1.29 is 4.39 Å². The van der Waals surface area contributed by atoms with Gasteiger partial charge in [-0.3, -0.25) is 18.5 Å². The first-order chi connectivity index (χ1) is 12.3. The molecular weight excluding hydrogens is 337 g/mol. The summed E-state index contributed by atoms with van der Waals surface area (Å²) in [6.45, 7) is 5.13. The van der Waals surface area contributed by atoms with Gasteiger partial charge in [0.1, 0.15) is 5.82 Å². The molecule has 0 amide bonds. The minimum atomic E-state index is -0.427. The van der Waals surface area contributed by atoms with Crippen molar-refractivity contribution in [1.82, 2.24) is 18.7 Å². The zero-order chi connectivity index (χ0) is 19.0. The van der Waals surface area contributed by atoms with E-state index in [4.69, 9.17) is 0 Å². The molecule has 1 aromatic carbocycles. The van der Waals surface area contributed by atoms with Gasteiger partial charge in [-0.2, -0.15) is 4.98 Å². The summed E-state index contributed by atoms with van der Waals surface area (Å²) in [6, 6.07) is 6.09. The number of fused-ring (bicyclic) bond motifs is 1. The molecule has 0 fully saturated rings. The van der Waals surface area contributed by atoms with Crippen LogP contribution < -0.4 is 16.6 Å². The van der Waals surface area contributed by atoms with Crippen molar-refractivity contribution in [1.29, 1.82) is 0 Å². The molecule has 7 nitrogen and oxygen atoms in total. The van der Waals surface area contributed by atoms with Crippen LogP contribution in [-0.4, -0.2) is 25.2 Å². The molecule has 0 spiro atoms. The number of aryl methyl sites for hydroxylation is 1. The Morgan fingerprint density at radius 3 is 2.38 bits per heavy atom. The first-order valence-corrected chi connectivity index (χ1v) is 8.44. The molecule has 0 saturated heterocycles. The van der Waals surface area contributed by atoms with Crippen LogP contribution in [0.3, 0.4) is 0 Å². The molecule has 0 atom stereocenters. The van der Waals surface area contributed by atoms with Crippen LogP contribution in [0.5, 0.6) is 0 Å². The van der Waals surface area contributed by atoms with E-state index >= 15 is 0 Å². The van der Waals surface area contributed by atoms with E-state index in [9.17, 15) is 14.0 Å². The molecule has 3 aromatic rings. The Morgan fingerprint density at radius 2 is 1.77 bits per heavy atom. The molecule has 26 heavy (non-hydrogen) atoms. The molecule has 0 unspecified atom stereocenters. The number of nitrogens with zero attached hydrogens (tertiary/aromatic N) is 4. The van der Waals surface area contributed by atoms with Gasteiger partial charge in [0, 0.05) is 20.6 Å². The molecule has 0 bridgehead atoms. The highest BCUT2D eigenvalue weighted by Crippen LogP contribution is 2.18. The van der Waals surface area contributed by atoms with Crippen LogP contribution in [0.2, 0.25) is 0 Å². The number of halogens is 1. The second-order valence-corrected chi connectivity index (χ2v) is 6.80. The van der Waals surface area contributed by atoms with E-state index in [-0.39, 0.29) is 5.82 Å². The first-order valence-electron chi connectivity index (χ1n) is 8.44. The predicted molar refractivity (Wildman–Crippen MR) is 99.0 cm³/mol. The summed E-state index contributed by atoms with van der Waals surface area (Å²) in [5.74, 6) is 0.567. The quantitative estimate of drug-likeness (QED) is 0.752. The van der Waals surface area contributed by atoms with Gasteiger partial charge in [-0.15, -0.1) is 0 Å². The van der Waals surface area contributed by atoms with Crippen molar-refractivity contribution in [2.24, 2.45) is 20.0 Å². The second-order valence-electron chi connectivity index (χ2n) is 6.80. The van der Waals surface area contributed by atoms with Crippen LogP contribution in [0.4, 0.5) is 10.3 Å². The molecule has 2 aromatic heterocycles. The van der Waals surface area contributed by atoms with Crippen molar-refractivity contribution >= 4 is 17.1 Å². The van der Waals surface area contributed by atoms with Crippen molar-refractivity contribution in [3.63, 3.8) is 0 Å². The van der Waals surface area contributed by atoms with Gasteiger partial charge >= 0.3 is 5.69 Å². The fraction of sp³-hybridized carbons (Fsp3) is 0.389. The summed E-state index contributed by atoms with van der Waals surface area (Å²) in [7, 11) is 3.03. The van der Waals surface area contributed by atoms with Gasteiger partial charge in [-0.1, -0.05) is 26.0 Å². The monoisotopic (exact) mass is 359 g/mol. The first kappa shape index (κ1) is 17.9. The summed E-state index contributed by atoms with van der Waals surface area (Å²) in [5, 5.41) is 3.24. The fourth-order valence-electron chi connectivity index (χ4n) is 2.80. The van der Waals surface area contributed by atoms with E-state index in [0.29, 0.717) is 36.1 Å². The number of rotatable bonds is 5. The number of hydrogen-bond donors (Lipinski definition) is 1. The minimum absolute atomic E-state index is 0.319. The van der Waals surface area contributed by atoms with Crippen LogP contribution in [0, 0.1) is 11.7 Å². The molecule has 138 valence electrons. The Hall–Kier alpha value is -2.90. The summed E-state index contributed by atoms with van der Waals surface area (Å²) in [4.78, 5) is 29.4. The van der Waals surface area contributed by atoms with Gasteiger partial charge in [0.25, 0.3) is 5.56 Å². The van der Waals surface area contributed by atoms with Gasteiger partial charge in [0.15, 0.2) is 11.2 Å². The third kappa shape index (κ3) is 3.14. The van der Waals surface area contributed by atoms with E-state index in [2.05, 4.69) is 24.1 Å². The molecule has 0 radical (unpaired) electrons. The molecule has 0 aliphatic rings. The molecule has 0 aliphatic carbocycles. The Balaban J connectivity index is 2.22. The normalized spacial score (nSPS) is 11.5.